The van der Waals surface area contributed by atoms with E-state index in [0.717, 1.165) is 12.1 Å². The molecule has 1 aromatic carbocycles. The topological polar surface area (TPSA) is 62.8 Å². The summed E-state index contributed by atoms with van der Waals surface area (Å²) >= 11 is 0.672. The Balaban J connectivity index is 2.46. The van der Waals surface area contributed by atoms with E-state index in [2.05, 4.69) is 9.97 Å². The number of carbonyl (C=O) groups excluding carboxylic acids is 1. The Morgan fingerprint density at radius 2 is 2.00 bits per heavy atom. The van der Waals surface area contributed by atoms with E-state index in [4.69, 9.17) is 0 Å². The first-order valence-corrected chi connectivity index (χ1v) is 6.11. The molecule has 20 heavy (non-hydrogen) atoms. The van der Waals surface area contributed by atoms with Crippen LogP contribution >= 0.6 is 11.8 Å². The van der Waals surface area contributed by atoms with Crippen molar-refractivity contribution in [2.75, 3.05) is 0 Å². The first kappa shape index (κ1) is 14.3. The van der Waals surface area contributed by atoms with Crippen LogP contribution in [-0.4, -0.2) is 16.3 Å². The van der Waals surface area contributed by atoms with E-state index in [0.29, 0.717) is 18.0 Å². The molecular weight excluding hydrogens is 293 g/mol. The van der Waals surface area contributed by atoms with E-state index in [1.54, 1.807) is 0 Å². The number of benzene rings is 1. The van der Waals surface area contributed by atoms with Gasteiger partial charge in [0.05, 0.1) is 5.56 Å². The highest BCUT2D eigenvalue weighted by molar-refractivity contribution is 7.99. The summed E-state index contributed by atoms with van der Waals surface area (Å²) in [5.74, 6) is 0. The fourth-order valence-electron chi connectivity index (χ4n) is 1.44. The van der Waals surface area contributed by atoms with Crippen molar-refractivity contribution in [3.63, 3.8) is 0 Å². The molecule has 0 unspecified atom stereocenters. The van der Waals surface area contributed by atoms with E-state index in [1.165, 1.54) is 18.3 Å². The summed E-state index contributed by atoms with van der Waals surface area (Å²) in [4.78, 5) is 27.6. The molecule has 2 aromatic rings. The van der Waals surface area contributed by atoms with E-state index >= 15 is 0 Å². The third-order valence-electron chi connectivity index (χ3n) is 2.30. The number of nitrogens with one attached hydrogen (secondary N) is 1. The molecule has 4 nitrogen and oxygen atoms in total. The number of alkyl halides is 3. The predicted octanol–water partition coefficient (Wildman–Crippen LogP) is 2.75. The smallest absolute Gasteiger partial charge is 0.301 e. The van der Waals surface area contributed by atoms with Crippen LogP contribution < -0.4 is 5.56 Å². The summed E-state index contributed by atoms with van der Waals surface area (Å²) in [5, 5.41) is 0.0434. The monoisotopic (exact) mass is 300 g/mol. The molecule has 8 heteroatoms. The molecule has 0 aliphatic rings. The standard InChI is InChI=1S/C12H7F3N2O2S/c13-12(14,15)8-5-7(6-18)1-2-9(8)20-11-16-4-3-10(19)17-11/h1-6H,(H,16,17,19). The van der Waals surface area contributed by atoms with Crippen molar-refractivity contribution in [2.45, 2.75) is 16.2 Å². The number of aldehydes is 1. The SMILES string of the molecule is O=Cc1ccc(Sc2nccc(=O)[nH]2)c(C(F)(F)F)c1. The third-order valence-corrected chi connectivity index (χ3v) is 3.28. The first-order chi connectivity index (χ1) is 9.40. The molecule has 1 aromatic heterocycles. The highest BCUT2D eigenvalue weighted by Gasteiger charge is 2.34. The quantitative estimate of drug-likeness (QED) is 0.699. The minimum absolute atomic E-state index is 0.0434. The number of nitrogens with zero attached hydrogens (tertiary/aromatic N) is 1. The lowest BCUT2D eigenvalue weighted by Gasteiger charge is -2.12. The van der Waals surface area contributed by atoms with Crippen LogP contribution in [0.25, 0.3) is 0 Å². The summed E-state index contributed by atoms with van der Waals surface area (Å²) in [5.41, 5.74) is -1.48. The largest absolute Gasteiger partial charge is 0.417 e. The van der Waals surface area contributed by atoms with Gasteiger partial charge in [-0.15, -0.1) is 0 Å². The summed E-state index contributed by atoms with van der Waals surface area (Å²) in [6.45, 7) is 0. The molecule has 1 heterocycles. The Kier molecular flexibility index (Phi) is 3.93. The fourth-order valence-corrected chi connectivity index (χ4v) is 2.33. The maximum absolute atomic E-state index is 12.9. The number of carbonyl (C=O) groups is 1. The Morgan fingerprint density at radius 3 is 2.60 bits per heavy atom. The zero-order valence-corrected chi connectivity index (χ0v) is 10.6. The number of rotatable bonds is 3. The Morgan fingerprint density at radius 1 is 1.25 bits per heavy atom. The normalized spacial score (nSPS) is 11.3. The molecule has 0 amide bonds. The number of H-pyrrole nitrogens is 1. The number of hydrogen-bond donors (Lipinski definition) is 1. The van der Waals surface area contributed by atoms with Crippen LogP contribution in [0.5, 0.6) is 0 Å². The van der Waals surface area contributed by atoms with Gasteiger partial charge >= 0.3 is 6.18 Å². The van der Waals surface area contributed by atoms with E-state index in [9.17, 15) is 22.8 Å². The molecule has 0 atom stereocenters. The van der Waals surface area contributed by atoms with Crippen molar-refractivity contribution < 1.29 is 18.0 Å². The van der Waals surface area contributed by atoms with Gasteiger partial charge in [0, 0.05) is 22.7 Å². The molecule has 0 saturated heterocycles. The Hall–Kier alpha value is -2.09. The van der Waals surface area contributed by atoms with Gasteiger partial charge in [-0.05, 0) is 12.1 Å². The minimum atomic E-state index is -4.60. The molecular formula is C12H7F3N2O2S. The van der Waals surface area contributed by atoms with Crippen LogP contribution in [0.1, 0.15) is 15.9 Å². The summed E-state index contributed by atoms with van der Waals surface area (Å²) in [6, 6.07) is 4.36. The van der Waals surface area contributed by atoms with Crippen LogP contribution in [0.15, 0.2) is 45.3 Å². The van der Waals surface area contributed by atoms with Crippen molar-refractivity contribution >= 4 is 18.0 Å². The number of halogens is 3. The van der Waals surface area contributed by atoms with Gasteiger partial charge in [-0.1, -0.05) is 17.8 Å². The van der Waals surface area contributed by atoms with E-state index in [-0.39, 0.29) is 15.6 Å². The molecule has 0 saturated carbocycles. The molecule has 0 radical (unpaired) electrons. The fraction of sp³-hybridized carbons (Fsp3) is 0.0833. The number of aromatic nitrogens is 2. The molecule has 0 bridgehead atoms. The third kappa shape index (κ3) is 3.27. The maximum Gasteiger partial charge on any atom is 0.417 e. The van der Waals surface area contributed by atoms with Crippen LogP contribution in [0.3, 0.4) is 0 Å². The van der Waals surface area contributed by atoms with E-state index < -0.39 is 17.3 Å². The molecule has 1 N–H and O–H groups in total. The molecule has 0 spiro atoms. The van der Waals surface area contributed by atoms with E-state index in [1.807, 2.05) is 0 Å². The van der Waals surface area contributed by atoms with Gasteiger partial charge in [0.15, 0.2) is 5.16 Å². The van der Waals surface area contributed by atoms with Gasteiger partial charge in [0.25, 0.3) is 5.56 Å². The number of hydrogen-bond acceptors (Lipinski definition) is 4. The van der Waals surface area contributed by atoms with Gasteiger partial charge in [-0.25, -0.2) is 4.98 Å². The van der Waals surface area contributed by atoms with Crippen molar-refractivity contribution in [2.24, 2.45) is 0 Å². The van der Waals surface area contributed by atoms with Gasteiger partial charge in [0.2, 0.25) is 0 Å². The summed E-state index contributed by atoms with van der Waals surface area (Å²) < 4.78 is 38.8. The molecule has 104 valence electrons. The summed E-state index contributed by atoms with van der Waals surface area (Å²) in [7, 11) is 0. The van der Waals surface area contributed by atoms with Gasteiger partial charge in [-0.2, -0.15) is 13.2 Å². The highest BCUT2D eigenvalue weighted by atomic mass is 32.2. The lowest BCUT2D eigenvalue weighted by molar-refractivity contribution is -0.139. The molecule has 2 rings (SSSR count). The maximum atomic E-state index is 12.9. The Labute approximate surface area is 115 Å². The minimum Gasteiger partial charge on any atom is -0.301 e. The van der Waals surface area contributed by atoms with Crippen LogP contribution in [-0.2, 0) is 6.18 Å². The average Bonchev–Trinajstić information content (AvgIpc) is 2.38. The van der Waals surface area contributed by atoms with Gasteiger partial charge in [-0.3, -0.25) is 9.59 Å². The van der Waals surface area contributed by atoms with Crippen LogP contribution in [0.4, 0.5) is 13.2 Å². The first-order valence-electron chi connectivity index (χ1n) is 5.30. The molecule has 0 aliphatic carbocycles. The van der Waals surface area contributed by atoms with Crippen molar-refractivity contribution in [3.05, 3.63) is 51.9 Å². The van der Waals surface area contributed by atoms with Crippen molar-refractivity contribution in [1.82, 2.24) is 9.97 Å². The van der Waals surface area contributed by atoms with Crippen LogP contribution in [0, 0.1) is 0 Å². The van der Waals surface area contributed by atoms with Gasteiger partial charge < -0.3 is 4.98 Å². The zero-order chi connectivity index (χ0) is 14.8. The zero-order valence-electron chi connectivity index (χ0n) is 9.77. The molecule has 0 fully saturated rings. The Bertz CT molecular complexity index is 698. The second-order valence-corrected chi connectivity index (χ2v) is 4.74. The van der Waals surface area contributed by atoms with Crippen LogP contribution in [0.2, 0.25) is 0 Å². The number of aromatic amines is 1. The second kappa shape index (κ2) is 5.49. The lowest BCUT2D eigenvalue weighted by Crippen LogP contribution is -2.09. The predicted molar refractivity (Wildman–Crippen MR) is 65.8 cm³/mol. The highest BCUT2D eigenvalue weighted by Crippen LogP contribution is 2.38. The second-order valence-electron chi connectivity index (χ2n) is 3.71. The summed E-state index contributed by atoms with van der Waals surface area (Å²) in [6.07, 6.45) is -3.06. The van der Waals surface area contributed by atoms with Crippen molar-refractivity contribution in [1.29, 1.82) is 0 Å². The van der Waals surface area contributed by atoms with Gasteiger partial charge in [0.1, 0.15) is 6.29 Å². The average molecular weight is 300 g/mol. The lowest BCUT2D eigenvalue weighted by atomic mass is 10.1. The van der Waals surface area contributed by atoms with Crippen molar-refractivity contribution in [3.8, 4) is 0 Å². The molecule has 0 aliphatic heterocycles.